The van der Waals surface area contributed by atoms with Gasteiger partial charge in [0, 0.05) is 24.3 Å². The summed E-state index contributed by atoms with van der Waals surface area (Å²) in [5.41, 5.74) is 0.486. The summed E-state index contributed by atoms with van der Waals surface area (Å²) in [6, 6.07) is 11.7. The lowest BCUT2D eigenvalue weighted by atomic mass is 10.2. The SMILES string of the molecule is Cc1cccc(S(=O)(=O)NC(=O)NCCCNC(=O)c2ccc(NC(=O)Nc3ccc(OC(F)(F)F)cc3)c(F)c2)c1. The molecule has 5 amide bonds. The fourth-order valence-electron chi connectivity index (χ4n) is 3.38. The third-order valence-electron chi connectivity index (χ3n) is 5.28. The molecular weight excluding hydrogens is 586 g/mol. The Balaban J connectivity index is 1.41. The van der Waals surface area contributed by atoms with Gasteiger partial charge in [0.05, 0.1) is 10.6 Å². The number of ether oxygens (including phenoxy) is 1. The van der Waals surface area contributed by atoms with Crippen molar-refractivity contribution in [3.05, 3.63) is 83.7 Å². The number of rotatable bonds is 10. The second-order valence-corrected chi connectivity index (χ2v) is 10.3. The molecule has 224 valence electrons. The number of benzene rings is 3. The summed E-state index contributed by atoms with van der Waals surface area (Å²) in [5, 5.41) is 9.41. The molecule has 0 heterocycles. The van der Waals surface area contributed by atoms with Gasteiger partial charge in [0.15, 0.2) is 0 Å². The van der Waals surface area contributed by atoms with Crippen molar-refractivity contribution in [2.24, 2.45) is 0 Å². The van der Waals surface area contributed by atoms with Crippen molar-refractivity contribution >= 4 is 39.4 Å². The zero-order valence-corrected chi connectivity index (χ0v) is 22.7. The van der Waals surface area contributed by atoms with Crippen LogP contribution in [-0.2, 0) is 10.0 Å². The monoisotopic (exact) mass is 611 g/mol. The molecule has 3 aromatic rings. The number of amides is 5. The molecule has 0 bridgehead atoms. The van der Waals surface area contributed by atoms with E-state index in [0.29, 0.717) is 5.56 Å². The highest BCUT2D eigenvalue weighted by Gasteiger charge is 2.31. The molecule has 0 unspecified atom stereocenters. The Bertz CT molecular complexity index is 1550. The van der Waals surface area contributed by atoms with E-state index in [4.69, 9.17) is 0 Å². The summed E-state index contributed by atoms with van der Waals surface area (Å²) in [6.07, 6.45) is -4.63. The summed E-state index contributed by atoms with van der Waals surface area (Å²) >= 11 is 0. The third-order valence-corrected chi connectivity index (χ3v) is 6.61. The Morgan fingerprint density at radius 3 is 2.19 bits per heavy atom. The number of anilines is 2. The van der Waals surface area contributed by atoms with Gasteiger partial charge in [-0.1, -0.05) is 12.1 Å². The van der Waals surface area contributed by atoms with E-state index < -0.39 is 45.9 Å². The van der Waals surface area contributed by atoms with Gasteiger partial charge in [-0.05, 0) is 73.5 Å². The van der Waals surface area contributed by atoms with Gasteiger partial charge >= 0.3 is 18.4 Å². The van der Waals surface area contributed by atoms with E-state index >= 15 is 0 Å². The first-order valence-corrected chi connectivity index (χ1v) is 13.6. The minimum Gasteiger partial charge on any atom is -0.406 e. The van der Waals surface area contributed by atoms with Crippen LogP contribution in [0.1, 0.15) is 22.3 Å². The van der Waals surface area contributed by atoms with Crippen LogP contribution in [0, 0.1) is 12.7 Å². The third kappa shape index (κ3) is 9.96. The maximum Gasteiger partial charge on any atom is 0.573 e. The van der Waals surface area contributed by atoms with E-state index in [-0.39, 0.29) is 41.3 Å². The predicted octanol–water partition coefficient (Wildman–Crippen LogP) is 4.48. The second-order valence-electron chi connectivity index (χ2n) is 8.63. The van der Waals surface area contributed by atoms with Crippen molar-refractivity contribution in [2.75, 3.05) is 23.7 Å². The molecular formula is C26H25F4N5O6S. The van der Waals surface area contributed by atoms with Crippen molar-refractivity contribution in [3.8, 4) is 5.75 Å². The molecule has 0 aliphatic carbocycles. The first-order chi connectivity index (χ1) is 19.7. The van der Waals surface area contributed by atoms with Crippen LogP contribution in [-0.4, -0.2) is 45.8 Å². The van der Waals surface area contributed by atoms with Crippen LogP contribution in [0.25, 0.3) is 0 Å². The number of halogens is 4. The maximum absolute atomic E-state index is 14.5. The normalized spacial score (nSPS) is 11.3. The lowest BCUT2D eigenvalue weighted by Crippen LogP contribution is -2.40. The molecule has 0 fully saturated rings. The van der Waals surface area contributed by atoms with Crippen molar-refractivity contribution in [2.45, 2.75) is 24.6 Å². The molecule has 0 aliphatic heterocycles. The molecule has 5 N–H and O–H groups in total. The summed E-state index contributed by atoms with van der Waals surface area (Å²) in [4.78, 5) is 36.3. The Morgan fingerprint density at radius 2 is 1.55 bits per heavy atom. The van der Waals surface area contributed by atoms with Gasteiger partial charge in [-0.3, -0.25) is 4.79 Å². The van der Waals surface area contributed by atoms with E-state index in [1.807, 2.05) is 4.72 Å². The number of urea groups is 2. The fraction of sp³-hybridized carbons (Fsp3) is 0.192. The largest absolute Gasteiger partial charge is 0.573 e. The van der Waals surface area contributed by atoms with Gasteiger partial charge in [-0.15, -0.1) is 13.2 Å². The smallest absolute Gasteiger partial charge is 0.406 e. The number of aryl methyl sites for hydroxylation is 1. The Morgan fingerprint density at radius 1 is 0.857 bits per heavy atom. The van der Waals surface area contributed by atoms with Crippen molar-refractivity contribution in [1.29, 1.82) is 0 Å². The molecule has 0 saturated carbocycles. The minimum absolute atomic E-state index is 0.0276. The number of alkyl halides is 3. The quantitative estimate of drug-likeness (QED) is 0.168. The first kappa shape index (κ1) is 31.7. The standard InChI is InChI=1S/C26H25F4N5O6S/c1-16-4-2-5-20(14-16)42(39,40)35-24(37)32-13-3-12-31-23(36)17-6-11-22(21(27)15-17)34-25(38)33-18-7-9-19(10-8-18)41-26(28,29)30/h2,4-11,14-15H,3,12-13H2,1H3,(H,31,36)(H2,32,35,37)(H2,33,34,38). The Hall–Kier alpha value is -4.86. The van der Waals surface area contributed by atoms with E-state index in [2.05, 4.69) is 26.0 Å². The fourth-order valence-corrected chi connectivity index (χ4v) is 4.41. The van der Waals surface area contributed by atoms with Gasteiger partial charge in [0.25, 0.3) is 15.9 Å². The lowest BCUT2D eigenvalue weighted by molar-refractivity contribution is -0.274. The van der Waals surface area contributed by atoms with Gasteiger partial charge in [-0.2, -0.15) is 0 Å². The van der Waals surface area contributed by atoms with Gasteiger partial charge in [0.2, 0.25) is 0 Å². The highest BCUT2D eigenvalue weighted by atomic mass is 32.2. The molecule has 0 aromatic heterocycles. The van der Waals surface area contributed by atoms with Crippen LogP contribution in [0.4, 0.5) is 38.5 Å². The van der Waals surface area contributed by atoms with Crippen molar-refractivity contribution < 1.29 is 45.1 Å². The van der Waals surface area contributed by atoms with Crippen LogP contribution < -0.4 is 30.7 Å². The van der Waals surface area contributed by atoms with Crippen LogP contribution in [0.3, 0.4) is 0 Å². The van der Waals surface area contributed by atoms with Crippen molar-refractivity contribution in [3.63, 3.8) is 0 Å². The molecule has 0 radical (unpaired) electrons. The zero-order chi connectivity index (χ0) is 30.9. The number of hydrogen-bond donors (Lipinski definition) is 5. The molecule has 16 heteroatoms. The molecule has 0 spiro atoms. The number of nitrogens with one attached hydrogen (secondary N) is 5. The van der Waals surface area contributed by atoms with E-state index in [1.54, 1.807) is 19.1 Å². The van der Waals surface area contributed by atoms with Gasteiger partial charge < -0.3 is 26.0 Å². The number of carbonyl (C=O) groups excluding carboxylic acids is 3. The number of hydrogen-bond acceptors (Lipinski definition) is 6. The van der Waals surface area contributed by atoms with Crippen molar-refractivity contribution in [1.82, 2.24) is 15.4 Å². The maximum atomic E-state index is 14.5. The second kappa shape index (κ2) is 13.7. The molecule has 3 rings (SSSR count). The minimum atomic E-state index is -4.86. The van der Waals surface area contributed by atoms with Crippen LogP contribution >= 0.6 is 0 Å². The van der Waals surface area contributed by atoms with E-state index in [0.717, 1.165) is 36.4 Å². The lowest BCUT2D eigenvalue weighted by Gasteiger charge is -2.12. The molecule has 0 aliphatic rings. The zero-order valence-electron chi connectivity index (χ0n) is 21.8. The first-order valence-electron chi connectivity index (χ1n) is 12.1. The molecule has 42 heavy (non-hydrogen) atoms. The van der Waals surface area contributed by atoms with Gasteiger partial charge in [-0.25, -0.2) is 27.1 Å². The predicted molar refractivity (Wildman–Crippen MR) is 144 cm³/mol. The van der Waals surface area contributed by atoms with Gasteiger partial charge in [0.1, 0.15) is 11.6 Å². The van der Waals surface area contributed by atoms with Crippen LogP contribution in [0.2, 0.25) is 0 Å². The highest BCUT2D eigenvalue weighted by molar-refractivity contribution is 7.90. The number of sulfonamides is 1. The van der Waals surface area contributed by atoms with E-state index in [9.17, 15) is 40.4 Å². The van der Waals surface area contributed by atoms with Crippen LogP contribution in [0.15, 0.2) is 71.6 Å². The Kier molecular flexibility index (Phi) is 10.3. The summed E-state index contributed by atoms with van der Waals surface area (Å²) < 4.78 is 81.3. The summed E-state index contributed by atoms with van der Waals surface area (Å²) in [5.74, 6) is -2.06. The van der Waals surface area contributed by atoms with Crippen LogP contribution in [0.5, 0.6) is 5.75 Å². The molecule has 3 aromatic carbocycles. The van der Waals surface area contributed by atoms with E-state index in [1.165, 1.54) is 18.2 Å². The average Bonchev–Trinajstić information content (AvgIpc) is 2.89. The summed E-state index contributed by atoms with van der Waals surface area (Å²) in [6.45, 7) is 1.81. The average molecular weight is 612 g/mol. The Labute approximate surface area is 237 Å². The molecule has 0 atom stereocenters. The molecule has 0 saturated heterocycles. The highest BCUT2D eigenvalue weighted by Crippen LogP contribution is 2.24. The molecule has 11 nitrogen and oxygen atoms in total. The summed E-state index contributed by atoms with van der Waals surface area (Å²) in [7, 11) is -4.05. The topological polar surface area (TPSA) is 155 Å². The number of carbonyl (C=O) groups is 3.